The number of benzene rings is 1. The molecular formula is C30H47N5O4. The lowest BCUT2D eigenvalue weighted by Gasteiger charge is -2.26. The molecule has 0 amide bonds. The van der Waals surface area contributed by atoms with Gasteiger partial charge in [0, 0.05) is 44.7 Å². The van der Waals surface area contributed by atoms with Gasteiger partial charge in [-0.15, -0.1) is 0 Å². The van der Waals surface area contributed by atoms with E-state index in [1.54, 1.807) is 0 Å². The van der Waals surface area contributed by atoms with Crippen LogP contribution in [-0.2, 0) is 9.47 Å². The Morgan fingerprint density at radius 1 is 0.795 bits per heavy atom. The first kappa shape index (κ1) is 32.0. The van der Waals surface area contributed by atoms with Crippen LogP contribution >= 0.6 is 0 Å². The SMILES string of the molecule is C=C(O)CCCN(CCCC(=C)O)c1nc(-c2cccc(C)c2)nc(N(COCCCC)COCCCC)n1. The van der Waals surface area contributed by atoms with Crippen LogP contribution in [-0.4, -0.2) is 64.9 Å². The highest BCUT2D eigenvalue weighted by Gasteiger charge is 2.19. The Hall–Kier alpha value is -3.17. The van der Waals surface area contributed by atoms with E-state index in [1.165, 1.54) is 0 Å². The summed E-state index contributed by atoms with van der Waals surface area (Å²) >= 11 is 0. The third kappa shape index (κ3) is 12.5. The van der Waals surface area contributed by atoms with Crippen molar-refractivity contribution in [1.82, 2.24) is 15.0 Å². The summed E-state index contributed by atoms with van der Waals surface area (Å²) in [5.74, 6) is 1.86. The molecule has 2 rings (SSSR count). The second-order valence-corrected chi connectivity index (χ2v) is 9.78. The van der Waals surface area contributed by atoms with Crippen molar-refractivity contribution in [3.8, 4) is 11.4 Å². The molecule has 0 fully saturated rings. The number of aliphatic hydroxyl groups excluding tert-OH is 2. The van der Waals surface area contributed by atoms with Gasteiger partial charge in [0.05, 0.1) is 11.5 Å². The largest absolute Gasteiger partial charge is 0.513 e. The lowest BCUT2D eigenvalue weighted by Crippen LogP contribution is -2.33. The minimum absolute atomic E-state index is 0.148. The molecule has 9 nitrogen and oxygen atoms in total. The van der Waals surface area contributed by atoms with Gasteiger partial charge in [0.2, 0.25) is 11.9 Å². The number of nitrogens with zero attached hydrogens (tertiary/aromatic N) is 5. The van der Waals surface area contributed by atoms with E-state index >= 15 is 0 Å². The number of aliphatic hydroxyl groups is 2. The second kappa shape index (κ2) is 18.2. The van der Waals surface area contributed by atoms with E-state index in [4.69, 9.17) is 24.4 Å². The van der Waals surface area contributed by atoms with Gasteiger partial charge in [0.25, 0.3) is 0 Å². The van der Waals surface area contributed by atoms with Crippen LogP contribution in [0, 0.1) is 6.92 Å². The second-order valence-electron chi connectivity index (χ2n) is 9.78. The van der Waals surface area contributed by atoms with E-state index < -0.39 is 0 Å². The predicted molar refractivity (Wildman–Crippen MR) is 158 cm³/mol. The molecule has 0 aliphatic heterocycles. The van der Waals surface area contributed by atoms with Crippen molar-refractivity contribution >= 4 is 11.9 Å². The van der Waals surface area contributed by atoms with Crippen molar-refractivity contribution in [3.63, 3.8) is 0 Å². The number of unbranched alkanes of at least 4 members (excludes halogenated alkanes) is 2. The van der Waals surface area contributed by atoms with Gasteiger partial charge < -0.3 is 24.6 Å². The molecule has 0 bridgehead atoms. The van der Waals surface area contributed by atoms with Crippen LogP contribution in [0.3, 0.4) is 0 Å². The van der Waals surface area contributed by atoms with Crippen LogP contribution in [0.4, 0.5) is 11.9 Å². The van der Waals surface area contributed by atoms with Crippen LogP contribution in [0.1, 0.15) is 70.8 Å². The van der Waals surface area contributed by atoms with Crippen molar-refractivity contribution in [2.75, 3.05) is 49.6 Å². The quantitative estimate of drug-likeness (QED) is 0.101. The average molecular weight is 542 g/mol. The number of aryl methyl sites for hydroxylation is 1. The summed E-state index contributed by atoms with van der Waals surface area (Å²) in [4.78, 5) is 18.6. The molecule has 1 aromatic heterocycles. The zero-order valence-electron chi connectivity index (χ0n) is 24.1. The summed E-state index contributed by atoms with van der Waals surface area (Å²) in [6.07, 6.45) is 6.37. The summed E-state index contributed by atoms with van der Waals surface area (Å²) in [5, 5.41) is 19.3. The maximum absolute atomic E-state index is 9.63. The summed E-state index contributed by atoms with van der Waals surface area (Å²) in [6.45, 7) is 16.6. The first-order valence-electron chi connectivity index (χ1n) is 14.1. The molecule has 0 spiro atoms. The normalized spacial score (nSPS) is 10.9. The molecule has 0 atom stereocenters. The molecule has 2 N–H and O–H groups in total. The fourth-order valence-corrected chi connectivity index (χ4v) is 3.80. The highest BCUT2D eigenvalue weighted by molar-refractivity contribution is 5.59. The van der Waals surface area contributed by atoms with Gasteiger partial charge in [-0.2, -0.15) is 15.0 Å². The lowest BCUT2D eigenvalue weighted by molar-refractivity contribution is 0.0812. The molecule has 9 heteroatoms. The minimum Gasteiger partial charge on any atom is -0.513 e. The van der Waals surface area contributed by atoms with Crippen LogP contribution in [0.2, 0.25) is 0 Å². The van der Waals surface area contributed by atoms with E-state index in [2.05, 4.69) is 38.0 Å². The van der Waals surface area contributed by atoms with Gasteiger partial charge in [-0.05, 0) is 38.7 Å². The van der Waals surface area contributed by atoms with E-state index in [0.717, 1.165) is 36.8 Å². The first-order chi connectivity index (χ1) is 18.8. The Bertz CT molecular complexity index is 985. The molecule has 0 aliphatic rings. The fourth-order valence-electron chi connectivity index (χ4n) is 3.80. The summed E-state index contributed by atoms with van der Waals surface area (Å²) in [7, 11) is 0. The Morgan fingerprint density at radius 2 is 1.33 bits per heavy atom. The van der Waals surface area contributed by atoms with Gasteiger partial charge in [-0.3, -0.25) is 4.90 Å². The van der Waals surface area contributed by atoms with Crippen molar-refractivity contribution in [3.05, 3.63) is 54.5 Å². The van der Waals surface area contributed by atoms with Gasteiger partial charge in [0.15, 0.2) is 5.82 Å². The van der Waals surface area contributed by atoms with Gasteiger partial charge in [-0.1, -0.05) is 63.6 Å². The van der Waals surface area contributed by atoms with Crippen molar-refractivity contribution < 1.29 is 19.7 Å². The van der Waals surface area contributed by atoms with E-state index in [1.807, 2.05) is 30.0 Å². The van der Waals surface area contributed by atoms with Crippen molar-refractivity contribution in [2.24, 2.45) is 0 Å². The van der Waals surface area contributed by atoms with Crippen LogP contribution in [0.25, 0.3) is 11.4 Å². The fraction of sp³-hybridized carbons (Fsp3) is 0.567. The first-order valence-corrected chi connectivity index (χ1v) is 14.1. The Kier molecular flexibility index (Phi) is 14.9. The van der Waals surface area contributed by atoms with Gasteiger partial charge >= 0.3 is 0 Å². The smallest absolute Gasteiger partial charge is 0.234 e. The van der Waals surface area contributed by atoms with E-state index in [0.29, 0.717) is 83.2 Å². The number of rotatable bonds is 21. The van der Waals surface area contributed by atoms with E-state index in [-0.39, 0.29) is 11.5 Å². The van der Waals surface area contributed by atoms with Crippen LogP contribution in [0.5, 0.6) is 0 Å². The molecule has 216 valence electrons. The maximum Gasteiger partial charge on any atom is 0.234 e. The third-order valence-electron chi connectivity index (χ3n) is 6.02. The van der Waals surface area contributed by atoms with Gasteiger partial charge in [0.1, 0.15) is 13.5 Å². The zero-order valence-corrected chi connectivity index (χ0v) is 24.1. The third-order valence-corrected chi connectivity index (χ3v) is 6.02. The van der Waals surface area contributed by atoms with Crippen LogP contribution < -0.4 is 9.80 Å². The number of allylic oxidation sites excluding steroid dienone is 2. The van der Waals surface area contributed by atoms with E-state index in [9.17, 15) is 10.2 Å². The molecule has 1 heterocycles. The summed E-state index contributed by atoms with van der Waals surface area (Å²) in [5.41, 5.74) is 2.00. The van der Waals surface area contributed by atoms with Gasteiger partial charge in [-0.25, -0.2) is 0 Å². The molecule has 0 saturated heterocycles. The lowest BCUT2D eigenvalue weighted by atomic mass is 10.1. The zero-order chi connectivity index (χ0) is 28.5. The average Bonchev–Trinajstić information content (AvgIpc) is 2.90. The number of ether oxygens (including phenoxy) is 2. The highest BCUT2D eigenvalue weighted by Crippen LogP contribution is 2.23. The Labute approximate surface area is 234 Å². The summed E-state index contributed by atoms with van der Waals surface area (Å²) < 4.78 is 11.9. The molecule has 0 saturated carbocycles. The maximum atomic E-state index is 9.63. The van der Waals surface area contributed by atoms with Crippen molar-refractivity contribution in [1.29, 1.82) is 0 Å². The Morgan fingerprint density at radius 3 is 1.82 bits per heavy atom. The molecule has 0 aliphatic carbocycles. The predicted octanol–water partition coefficient (Wildman–Crippen LogP) is 6.71. The molecular weight excluding hydrogens is 494 g/mol. The number of anilines is 2. The number of hydrogen-bond donors (Lipinski definition) is 2. The minimum atomic E-state index is 0.148. The standard InChI is InChI=1S/C30H47N5O4/c1-6-8-19-38-22-35(23-39-20-9-7-2)30-32-28(27-16-10-13-24(3)21-27)31-29(33-30)34(17-11-14-25(4)36)18-12-15-26(5)37/h10,13,16,21,36-37H,4-9,11-12,14-15,17-20,22-23H2,1-3H3. The van der Waals surface area contributed by atoms with Crippen LogP contribution in [0.15, 0.2) is 48.9 Å². The molecule has 2 aromatic rings. The molecule has 0 unspecified atom stereocenters. The summed E-state index contributed by atoms with van der Waals surface area (Å²) in [6, 6.07) is 8.08. The molecule has 0 radical (unpaired) electrons. The Balaban J connectivity index is 2.47. The topological polar surface area (TPSA) is 104 Å². The number of hydrogen-bond acceptors (Lipinski definition) is 9. The molecule has 39 heavy (non-hydrogen) atoms. The van der Waals surface area contributed by atoms with Crippen molar-refractivity contribution in [2.45, 2.75) is 72.1 Å². The monoisotopic (exact) mass is 541 g/mol. The number of aromatic nitrogens is 3. The molecule has 1 aromatic carbocycles. The highest BCUT2D eigenvalue weighted by atomic mass is 16.5.